The van der Waals surface area contributed by atoms with Gasteiger partial charge in [-0.15, -0.1) is 0 Å². The molecule has 5 nitrogen and oxygen atoms in total. The molecule has 0 bridgehead atoms. The van der Waals surface area contributed by atoms with Crippen LogP contribution in [0.4, 0.5) is 13.2 Å². The summed E-state index contributed by atoms with van der Waals surface area (Å²) in [6.07, 6.45) is -1.84. The van der Waals surface area contributed by atoms with E-state index >= 15 is 0 Å². The number of aromatic carboxylic acids is 1. The van der Waals surface area contributed by atoms with Crippen LogP contribution >= 0.6 is 0 Å². The van der Waals surface area contributed by atoms with Crippen molar-refractivity contribution >= 4 is 16.9 Å². The molecule has 2 aromatic carbocycles. The highest BCUT2D eigenvalue weighted by Gasteiger charge is 2.28. The van der Waals surface area contributed by atoms with E-state index in [1.807, 2.05) is 6.20 Å². The molecule has 0 aliphatic heterocycles. The summed E-state index contributed by atoms with van der Waals surface area (Å²) in [5.41, 5.74) is 2.91. The molecule has 148 valence electrons. The lowest BCUT2D eigenvalue weighted by Gasteiger charge is -2.10. The van der Waals surface area contributed by atoms with Crippen LogP contribution in [0.15, 0.2) is 48.7 Å². The molecule has 0 unspecified atom stereocenters. The zero-order valence-electron chi connectivity index (χ0n) is 14.8. The third-order valence-electron chi connectivity index (χ3n) is 4.22. The van der Waals surface area contributed by atoms with E-state index < -0.39 is 18.8 Å². The number of nitrogens with one attached hydrogen (secondary N) is 2. The number of carboxylic acid groups (broad SMARTS) is 1. The first-order valence-corrected chi connectivity index (χ1v) is 8.64. The Morgan fingerprint density at radius 1 is 1.18 bits per heavy atom. The van der Waals surface area contributed by atoms with E-state index in [4.69, 9.17) is 9.84 Å². The zero-order chi connectivity index (χ0) is 20.1. The second-order valence-corrected chi connectivity index (χ2v) is 6.36. The van der Waals surface area contributed by atoms with Crippen molar-refractivity contribution in [3.8, 4) is 5.75 Å². The molecule has 0 amide bonds. The number of aromatic amines is 1. The van der Waals surface area contributed by atoms with Gasteiger partial charge < -0.3 is 20.1 Å². The molecule has 1 aromatic heterocycles. The standard InChI is InChI=1S/C20H19F3N2O3/c21-20(22,23)12-28-16-3-1-2-13(8-16)10-24-7-6-15-11-25-18-5-4-14(19(26)27)9-17(15)18/h1-5,8-9,11,24-25H,6-7,10,12H2,(H,26,27). The molecule has 8 heteroatoms. The van der Waals surface area contributed by atoms with Crippen molar-refractivity contribution in [1.29, 1.82) is 0 Å². The third-order valence-corrected chi connectivity index (χ3v) is 4.22. The van der Waals surface area contributed by atoms with Crippen LogP contribution in [0.5, 0.6) is 5.75 Å². The number of hydrogen-bond donors (Lipinski definition) is 3. The summed E-state index contributed by atoms with van der Waals surface area (Å²) in [5, 5.41) is 13.2. The summed E-state index contributed by atoms with van der Waals surface area (Å²) >= 11 is 0. The third kappa shape index (κ3) is 5.26. The van der Waals surface area contributed by atoms with Gasteiger partial charge in [0.15, 0.2) is 6.61 Å². The van der Waals surface area contributed by atoms with Gasteiger partial charge in [-0.1, -0.05) is 12.1 Å². The molecule has 0 aliphatic rings. The van der Waals surface area contributed by atoms with E-state index in [0.29, 0.717) is 19.5 Å². The number of fused-ring (bicyclic) bond motifs is 1. The maximum absolute atomic E-state index is 12.2. The Bertz CT molecular complexity index is 967. The fraction of sp³-hybridized carbons (Fsp3) is 0.250. The first-order valence-electron chi connectivity index (χ1n) is 8.64. The smallest absolute Gasteiger partial charge is 0.422 e. The molecule has 0 saturated carbocycles. The molecule has 0 spiro atoms. The fourth-order valence-corrected chi connectivity index (χ4v) is 2.88. The minimum atomic E-state index is -4.37. The predicted octanol–water partition coefficient (Wildman–Crippen LogP) is 4.14. The van der Waals surface area contributed by atoms with Gasteiger partial charge in [0.05, 0.1) is 5.56 Å². The summed E-state index contributed by atoms with van der Waals surface area (Å²) in [4.78, 5) is 14.2. The zero-order valence-corrected chi connectivity index (χ0v) is 14.8. The van der Waals surface area contributed by atoms with Crippen LogP contribution in [0, 0.1) is 0 Å². The summed E-state index contributed by atoms with van der Waals surface area (Å²) in [7, 11) is 0. The van der Waals surface area contributed by atoms with Crippen molar-refractivity contribution in [2.24, 2.45) is 0 Å². The molecule has 3 rings (SSSR count). The van der Waals surface area contributed by atoms with Crippen molar-refractivity contribution in [3.05, 3.63) is 65.4 Å². The van der Waals surface area contributed by atoms with E-state index in [2.05, 4.69) is 10.3 Å². The number of H-pyrrole nitrogens is 1. The number of benzene rings is 2. The largest absolute Gasteiger partial charge is 0.484 e. The van der Waals surface area contributed by atoms with Crippen molar-refractivity contribution < 1.29 is 27.8 Å². The van der Waals surface area contributed by atoms with Gasteiger partial charge in [-0.3, -0.25) is 0 Å². The second-order valence-electron chi connectivity index (χ2n) is 6.36. The van der Waals surface area contributed by atoms with Crippen LogP contribution in [0.3, 0.4) is 0 Å². The highest BCUT2D eigenvalue weighted by atomic mass is 19.4. The topological polar surface area (TPSA) is 74.3 Å². The minimum absolute atomic E-state index is 0.175. The van der Waals surface area contributed by atoms with Crippen molar-refractivity contribution in [2.75, 3.05) is 13.2 Å². The maximum atomic E-state index is 12.2. The number of rotatable bonds is 8. The fourth-order valence-electron chi connectivity index (χ4n) is 2.88. The second kappa shape index (κ2) is 8.35. The Morgan fingerprint density at radius 3 is 2.75 bits per heavy atom. The van der Waals surface area contributed by atoms with Gasteiger partial charge in [0.25, 0.3) is 0 Å². The Labute approximate surface area is 159 Å². The molecular weight excluding hydrogens is 373 g/mol. The average molecular weight is 392 g/mol. The summed E-state index contributed by atoms with van der Waals surface area (Å²) in [6.45, 7) is -0.216. The molecule has 3 aromatic rings. The van der Waals surface area contributed by atoms with E-state index in [0.717, 1.165) is 22.0 Å². The Hall–Kier alpha value is -3.00. The number of alkyl halides is 3. The highest BCUT2D eigenvalue weighted by Crippen LogP contribution is 2.21. The normalized spacial score (nSPS) is 11.7. The van der Waals surface area contributed by atoms with Gasteiger partial charge >= 0.3 is 12.1 Å². The average Bonchev–Trinajstić information content (AvgIpc) is 3.05. The van der Waals surface area contributed by atoms with Gasteiger partial charge in [0.2, 0.25) is 0 Å². The first-order chi connectivity index (χ1) is 13.3. The lowest BCUT2D eigenvalue weighted by Crippen LogP contribution is -2.19. The van der Waals surface area contributed by atoms with E-state index in [-0.39, 0.29) is 11.3 Å². The van der Waals surface area contributed by atoms with Crippen molar-refractivity contribution in [3.63, 3.8) is 0 Å². The van der Waals surface area contributed by atoms with Crippen molar-refractivity contribution in [1.82, 2.24) is 10.3 Å². The molecule has 0 radical (unpaired) electrons. The highest BCUT2D eigenvalue weighted by molar-refractivity contribution is 5.94. The SMILES string of the molecule is O=C(O)c1ccc2[nH]cc(CCNCc3cccc(OCC(F)(F)F)c3)c2c1. The van der Waals surface area contributed by atoms with Crippen LogP contribution in [0.1, 0.15) is 21.5 Å². The van der Waals surface area contributed by atoms with Gasteiger partial charge in [0, 0.05) is 23.6 Å². The quantitative estimate of drug-likeness (QED) is 0.504. The predicted molar refractivity (Wildman–Crippen MR) is 98.7 cm³/mol. The van der Waals surface area contributed by atoms with E-state index in [9.17, 15) is 18.0 Å². The monoisotopic (exact) mass is 392 g/mol. The van der Waals surface area contributed by atoms with Gasteiger partial charge in [-0.2, -0.15) is 13.2 Å². The molecule has 1 heterocycles. The molecular formula is C20H19F3N2O3. The van der Waals surface area contributed by atoms with Gasteiger partial charge in [0.1, 0.15) is 5.75 Å². The van der Waals surface area contributed by atoms with Crippen LogP contribution in [-0.4, -0.2) is 35.4 Å². The Kier molecular flexibility index (Phi) is 5.89. The van der Waals surface area contributed by atoms with Crippen LogP contribution in [-0.2, 0) is 13.0 Å². The van der Waals surface area contributed by atoms with Crippen LogP contribution in [0.2, 0.25) is 0 Å². The molecule has 0 atom stereocenters. The number of aromatic nitrogens is 1. The minimum Gasteiger partial charge on any atom is -0.484 e. The summed E-state index contributed by atoms with van der Waals surface area (Å²) in [6, 6.07) is 11.4. The van der Waals surface area contributed by atoms with Gasteiger partial charge in [-0.05, 0) is 54.4 Å². The summed E-state index contributed by atoms with van der Waals surface area (Å²) in [5.74, 6) is -0.797. The molecule has 3 N–H and O–H groups in total. The Balaban J connectivity index is 1.54. The molecule has 0 fully saturated rings. The molecule has 28 heavy (non-hydrogen) atoms. The Morgan fingerprint density at radius 2 is 2.00 bits per heavy atom. The first kappa shape index (κ1) is 19.8. The lowest BCUT2D eigenvalue weighted by molar-refractivity contribution is -0.153. The van der Waals surface area contributed by atoms with Crippen molar-refractivity contribution in [2.45, 2.75) is 19.1 Å². The lowest BCUT2D eigenvalue weighted by atomic mass is 10.1. The molecule has 0 aliphatic carbocycles. The van der Waals surface area contributed by atoms with Crippen LogP contribution < -0.4 is 10.1 Å². The number of hydrogen-bond acceptors (Lipinski definition) is 3. The van der Waals surface area contributed by atoms with Gasteiger partial charge in [-0.25, -0.2) is 4.79 Å². The number of carbonyl (C=O) groups is 1. The number of halogens is 3. The van der Waals surface area contributed by atoms with E-state index in [1.54, 1.807) is 36.4 Å². The molecule has 0 saturated heterocycles. The maximum Gasteiger partial charge on any atom is 0.422 e. The number of ether oxygens (including phenoxy) is 1. The summed E-state index contributed by atoms with van der Waals surface area (Å²) < 4.78 is 41.4. The van der Waals surface area contributed by atoms with Crippen LogP contribution in [0.25, 0.3) is 10.9 Å². The van der Waals surface area contributed by atoms with E-state index in [1.165, 1.54) is 6.07 Å². The number of carboxylic acids is 1.